The Kier molecular flexibility index (Phi) is 5.96. The predicted octanol–water partition coefficient (Wildman–Crippen LogP) is 2.23. The van der Waals surface area contributed by atoms with Gasteiger partial charge in [-0.3, -0.25) is 9.59 Å². The van der Waals surface area contributed by atoms with E-state index in [-0.39, 0.29) is 24.3 Å². The summed E-state index contributed by atoms with van der Waals surface area (Å²) in [4.78, 5) is 26.6. The van der Waals surface area contributed by atoms with E-state index in [4.69, 9.17) is 16.3 Å². The molecule has 0 unspecified atom stereocenters. The zero-order valence-electron chi connectivity index (χ0n) is 14.7. The third-order valence-corrected chi connectivity index (χ3v) is 4.74. The molecule has 3 rings (SSSR count). The Morgan fingerprint density at radius 3 is 2.73 bits per heavy atom. The van der Waals surface area contributed by atoms with Crippen molar-refractivity contribution in [3.63, 3.8) is 0 Å². The molecular weight excluding hydrogens is 354 g/mol. The zero-order valence-corrected chi connectivity index (χ0v) is 15.4. The van der Waals surface area contributed by atoms with Crippen LogP contribution in [0.15, 0.2) is 42.6 Å². The Morgan fingerprint density at radius 2 is 2.00 bits per heavy atom. The van der Waals surface area contributed by atoms with E-state index in [1.165, 1.54) is 0 Å². The summed E-state index contributed by atoms with van der Waals surface area (Å²) < 4.78 is 7.05. The van der Waals surface area contributed by atoms with Gasteiger partial charge in [-0.15, -0.1) is 0 Å². The molecule has 1 aromatic carbocycles. The van der Waals surface area contributed by atoms with Crippen molar-refractivity contribution in [3.05, 3.63) is 58.9 Å². The minimum Gasteiger partial charge on any atom is -0.383 e. The first-order chi connectivity index (χ1) is 12.6. The molecular formula is C19H22ClN3O3. The summed E-state index contributed by atoms with van der Waals surface area (Å²) in [6.07, 6.45) is 1.84. The lowest BCUT2D eigenvalue weighted by Crippen LogP contribution is -2.44. The number of amides is 2. The highest BCUT2D eigenvalue weighted by Crippen LogP contribution is 2.33. The quantitative estimate of drug-likeness (QED) is 0.622. The Balaban J connectivity index is 1.79. The lowest BCUT2D eigenvalue weighted by atomic mass is 9.99. The Bertz CT molecular complexity index is 773. The minimum atomic E-state index is -0.289. The van der Waals surface area contributed by atoms with Gasteiger partial charge in [0.1, 0.15) is 6.42 Å². The zero-order chi connectivity index (χ0) is 18.5. The largest absolute Gasteiger partial charge is 0.383 e. The number of carbonyl (C=O) groups is 2. The topological polar surface area (TPSA) is 63.6 Å². The normalized spacial score (nSPS) is 16.2. The summed E-state index contributed by atoms with van der Waals surface area (Å²) in [7, 11) is 1.57. The van der Waals surface area contributed by atoms with Crippen LogP contribution in [-0.4, -0.2) is 48.1 Å². The molecule has 7 heteroatoms. The van der Waals surface area contributed by atoms with Gasteiger partial charge in [0.2, 0.25) is 11.8 Å². The molecule has 0 saturated carbocycles. The number of carbonyl (C=O) groups excluding carboxylic acids is 2. The van der Waals surface area contributed by atoms with Crippen LogP contribution in [0.25, 0.3) is 0 Å². The van der Waals surface area contributed by atoms with Crippen molar-refractivity contribution in [2.45, 2.75) is 19.0 Å². The van der Waals surface area contributed by atoms with Gasteiger partial charge in [0.25, 0.3) is 0 Å². The second-order valence-electron chi connectivity index (χ2n) is 6.19. The van der Waals surface area contributed by atoms with Crippen molar-refractivity contribution in [1.29, 1.82) is 0 Å². The molecule has 0 spiro atoms. The first-order valence-electron chi connectivity index (χ1n) is 8.55. The Hall–Kier alpha value is -2.31. The number of fused-ring (bicyclic) bond motifs is 1. The number of aromatic nitrogens is 1. The van der Waals surface area contributed by atoms with Crippen LogP contribution in [0.3, 0.4) is 0 Å². The maximum atomic E-state index is 12.8. The van der Waals surface area contributed by atoms with Crippen molar-refractivity contribution < 1.29 is 14.3 Å². The van der Waals surface area contributed by atoms with E-state index in [0.717, 1.165) is 11.3 Å². The van der Waals surface area contributed by atoms with Gasteiger partial charge in [0.15, 0.2) is 0 Å². The summed E-state index contributed by atoms with van der Waals surface area (Å²) >= 11 is 6.01. The van der Waals surface area contributed by atoms with Crippen molar-refractivity contribution in [2.24, 2.45) is 0 Å². The lowest BCUT2D eigenvalue weighted by molar-refractivity contribution is -0.138. The molecule has 1 N–H and O–H groups in total. The average Bonchev–Trinajstić information content (AvgIpc) is 3.10. The summed E-state index contributed by atoms with van der Waals surface area (Å²) in [6.45, 7) is 2.08. The second kappa shape index (κ2) is 8.38. The molecule has 0 radical (unpaired) electrons. The van der Waals surface area contributed by atoms with Crippen LogP contribution in [0.2, 0.25) is 5.02 Å². The van der Waals surface area contributed by atoms with Crippen LogP contribution in [0.1, 0.15) is 23.7 Å². The van der Waals surface area contributed by atoms with Crippen LogP contribution >= 0.6 is 11.6 Å². The second-order valence-corrected chi connectivity index (χ2v) is 6.62. The summed E-state index contributed by atoms with van der Waals surface area (Å²) in [6, 6.07) is 11.2. The molecule has 1 aromatic heterocycles. The van der Waals surface area contributed by atoms with Gasteiger partial charge in [-0.05, 0) is 29.8 Å². The maximum absolute atomic E-state index is 12.8. The van der Waals surface area contributed by atoms with Gasteiger partial charge in [0, 0.05) is 43.7 Å². The molecule has 26 heavy (non-hydrogen) atoms. The van der Waals surface area contributed by atoms with Crippen molar-refractivity contribution >= 4 is 23.4 Å². The molecule has 0 aliphatic carbocycles. The van der Waals surface area contributed by atoms with Crippen LogP contribution in [0.4, 0.5) is 0 Å². The van der Waals surface area contributed by atoms with E-state index in [0.29, 0.717) is 31.3 Å². The monoisotopic (exact) mass is 375 g/mol. The number of nitrogens with one attached hydrogen (secondary N) is 1. The molecule has 2 amide bonds. The van der Waals surface area contributed by atoms with E-state index < -0.39 is 0 Å². The first kappa shape index (κ1) is 18.5. The van der Waals surface area contributed by atoms with Crippen LogP contribution in [-0.2, 0) is 20.9 Å². The van der Waals surface area contributed by atoms with E-state index in [1.54, 1.807) is 12.0 Å². The van der Waals surface area contributed by atoms with Crippen molar-refractivity contribution in [3.8, 4) is 0 Å². The molecule has 138 valence electrons. The van der Waals surface area contributed by atoms with Gasteiger partial charge in [-0.1, -0.05) is 23.7 Å². The molecule has 1 aliphatic rings. The number of methoxy groups -OCH3 is 1. The molecule has 0 bridgehead atoms. The fourth-order valence-corrected chi connectivity index (χ4v) is 3.37. The molecule has 0 saturated heterocycles. The van der Waals surface area contributed by atoms with E-state index >= 15 is 0 Å². The SMILES string of the molecule is COCCNC(=O)CC(=O)N1CCn2cccc2[C@H]1c1ccc(Cl)cc1. The number of benzene rings is 1. The molecule has 1 aliphatic heterocycles. The fraction of sp³-hybridized carbons (Fsp3) is 0.368. The highest BCUT2D eigenvalue weighted by molar-refractivity contribution is 6.30. The Morgan fingerprint density at radius 1 is 1.23 bits per heavy atom. The molecule has 0 fully saturated rings. The summed E-state index contributed by atoms with van der Waals surface area (Å²) in [5, 5.41) is 3.34. The van der Waals surface area contributed by atoms with Gasteiger partial charge in [-0.2, -0.15) is 0 Å². The van der Waals surface area contributed by atoms with E-state index in [1.807, 2.05) is 42.6 Å². The maximum Gasteiger partial charge on any atom is 0.232 e. The number of rotatable bonds is 6. The smallest absolute Gasteiger partial charge is 0.232 e. The van der Waals surface area contributed by atoms with Gasteiger partial charge >= 0.3 is 0 Å². The van der Waals surface area contributed by atoms with E-state index in [2.05, 4.69) is 9.88 Å². The molecule has 2 heterocycles. The molecule has 6 nitrogen and oxygen atoms in total. The highest BCUT2D eigenvalue weighted by Gasteiger charge is 2.32. The van der Waals surface area contributed by atoms with Crippen LogP contribution < -0.4 is 5.32 Å². The van der Waals surface area contributed by atoms with Gasteiger partial charge < -0.3 is 19.5 Å². The van der Waals surface area contributed by atoms with Gasteiger partial charge in [0.05, 0.1) is 12.6 Å². The standard InChI is InChI=1S/C19H22ClN3O3/c1-26-12-8-21-17(24)13-18(25)23-11-10-22-9-2-3-16(22)19(23)14-4-6-15(20)7-5-14/h2-7,9,19H,8,10-13H2,1H3,(H,21,24)/t19-/m1/s1. The number of hydrogen-bond donors (Lipinski definition) is 1. The van der Waals surface area contributed by atoms with Crippen molar-refractivity contribution in [1.82, 2.24) is 14.8 Å². The van der Waals surface area contributed by atoms with Crippen LogP contribution in [0, 0.1) is 0 Å². The van der Waals surface area contributed by atoms with Crippen LogP contribution in [0.5, 0.6) is 0 Å². The minimum absolute atomic E-state index is 0.172. The third-order valence-electron chi connectivity index (χ3n) is 4.48. The fourth-order valence-electron chi connectivity index (χ4n) is 3.24. The number of halogens is 1. The van der Waals surface area contributed by atoms with Gasteiger partial charge in [-0.25, -0.2) is 0 Å². The summed E-state index contributed by atoms with van der Waals surface area (Å²) in [5.41, 5.74) is 2.01. The lowest BCUT2D eigenvalue weighted by Gasteiger charge is -2.37. The number of ether oxygens (including phenoxy) is 1. The first-order valence-corrected chi connectivity index (χ1v) is 8.93. The Labute approximate surface area is 157 Å². The number of nitrogens with zero attached hydrogens (tertiary/aromatic N) is 2. The molecule has 1 atom stereocenters. The third kappa shape index (κ3) is 4.08. The average molecular weight is 376 g/mol. The molecule has 2 aromatic rings. The summed E-state index contributed by atoms with van der Waals surface area (Å²) in [5.74, 6) is -0.477. The van der Waals surface area contributed by atoms with Crippen molar-refractivity contribution in [2.75, 3.05) is 26.8 Å². The highest BCUT2D eigenvalue weighted by atomic mass is 35.5. The predicted molar refractivity (Wildman–Crippen MR) is 98.9 cm³/mol. The van der Waals surface area contributed by atoms with E-state index in [9.17, 15) is 9.59 Å². The number of hydrogen-bond acceptors (Lipinski definition) is 3.